The molecule has 0 amide bonds. The molecule has 2 heterocycles. The number of aromatic nitrogens is 2. The first-order valence-electron chi connectivity index (χ1n) is 5.24. The SMILES string of the molecule is Nc1c(-c2cccc3cc[nH]c23)ccnc1Cl. The van der Waals surface area contributed by atoms with Gasteiger partial charge in [-0.3, -0.25) is 0 Å². The number of nitrogen functional groups attached to an aromatic ring is 1. The van der Waals surface area contributed by atoms with Crippen molar-refractivity contribution in [2.24, 2.45) is 0 Å². The van der Waals surface area contributed by atoms with E-state index < -0.39 is 0 Å². The summed E-state index contributed by atoms with van der Waals surface area (Å²) < 4.78 is 0. The van der Waals surface area contributed by atoms with Crippen LogP contribution in [0.15, 0.2) is 42.7 Å². The van der Waals surface area contributed by atoms with Gasteiger partial charge in [0.05, 0.1) is 11.2 Å². The van der Waals surface area contributed by atoms with E-state index in [1.807, 2.05) is 36.5 Å². The van der Waals surface area contributed by atoms with Gasteiger partial charge < -0.3 is 10.7 Å². The highest BCUT2D eigenvalue weighted by molar-refractivity contribution is 6.32. The zero-order valence-corrected chi connectivity index (χ0v) is 9.70. The van der Waals surface area contributed by atoms with Crippen LogP contribution in [0.5, 0.6) is 0 Å². The number of rotatable bonds is 1. The molecule has 0 saturated carbocycles. The summed E-state index contributed by atoms with van der Waals surface area (Å²) in [6.45, 7) is 0. The van der Waals surface area contributed by atoms with Crippen LogP contribution in [-0.2, 0) is 0 Å². The summed E-state index contributed by atoms with van der Waals surface area (Å²) in [7, 11) is 0. The Bertz CT molecular complexity index is 688. The van der Waals surface area contributed by atoms with Gasteiger partial charge in [0.25, 0.3) is 0 Å². The second kappa shape index (κ2) is 3.79. The molecule has 0 aliphatic rings. The van der Waals surface area contributed by atoms with Gasteiger partial charge in [-0.25, -0.2) is 4.98 Å². The third kappa shape index (κ3) is 1.56. The molecule has 0 fully saturated rings. The molecule has 0 aliphatic heterocycles. The largest absolute Gasteiger partial charge is 0.396 e. The topological polar surface area (TPSA) is 54.7 Å². The number of nitrogens with two attached hydrogens (primary N) is 1. The van der Waals surface area contributed by atoms with Crippen molar-refractivity contribution in [1.82, 2.24) is 9.97 Å². The quantitative estimate of drug-likeness (QED) is 0.643. The van der Waals surface area contributed by atoms with Crippen molar-refractivity contribution in [3.05, 3.63) is 47.9 Å². The number of H-pyrrole nitrogens is 1. The molecular formula is C13H10ClN3. The molecule has 3 aromatic rings. The third-order valence-electron chi connectivity index (χ3n) is 2.82. The summed E-state index contributed by atoms with van der Waals surface area (Å²) in [6.07, 6.45) is 3.57. The molecule has 0 atom stereocenters. The molecular weight excluding hydrogens is 234 g/mol. The Kier molecular flexibility index (Phi) is 2.27. The van der Waals surface area contributed by atoms with Gasteiger partial charge in [-0.2, -0.15) is 0 Å². The van der Waals surface area contributed by atoms with E-state index >= 15 is 0 Å². The van der Waals surface area contributed by atoms with Gasteiger partial charge >= 0.3 is 0 Å². The van der Waals surface area contributed by atoms with Gasteiger partial charge in [-0.05, 0) is 17.5 Å². The average Bonchev–Trinajstić information content (AvgIpc) is 2.81. The minimum atomic E-state index is 0.339. The maximum atomic E-state index is 5.97. The number of anilines is 1. The fourth-order valence-corrected chi connectivity index (χ4v) is 2.15. The molecule has 0 aliphatic carbocycles. The minimum Gasteiger partial charge on any atom is -0.396 e. The van der Waals surface area contributed by atoms with Crippen LogP contribution in [0.3, 0.4) is 0 Å². The van der Waals surface area contributed by atoms with Gasteiger partial charge in [0.1, 0.15) is 0 Å². The Labute approximate surface area is 103 Å². The number of nitrogens with one attached hydrogen (secondary N) is 1. The predicted octanol–water partition coefficient (Wildman–Crippen LogP) is 3.47. The summed E-state index contributed by atoms with van der Waals surface area (Å²) >= 11 is 5.94. The average molecular weight is 244 g/mol. The lowest BCUT2D eigenvalue weighted by Gasteiger charge is -2.07. The molecule has 3 nitrogen and oxygen atoms in total. The summed E-state index contributed by atoms with van der Waals surface area (Å²) in [5.41, 5.74) is 9.47. The van der Waals surface area contributed by atoms with Crippen LogP contribution in [0.1, 0.15) is 0 Å². The van der Waals surface area contributed by atoms with Gasteiger partial charge in [-0.1, -0.05) is 29.8 Å². The molecule has 0 radical (unpaired) electrons. The highest BCUT2D eigenvalue weighted by Gasteiger charge is 2.10. The van der Waals surface area contributed by atoms with Gasteiger partial charge in [0, 0.05) is 23.5 Å². The minimum absolute atomic E-state index is 0.339. The van der Waals surface area contributed by atoms with E-state index in [0.717, 1.165) is 22.0 Å². The molecule has 3 rings (SSSR count). The van der Waals surface area contributed by atoms with Gasteiger partial charge in [0.2, 0.25) is 0 Å². The molecule has 0 bridgehead atoms. The van der Waals surface area contributed by atoms with E-state index in [2.05, 4.69) is 9.97 Å². The predicted molar refractivity (Wildman–Crippen MR) is 71.0 cm³/mol. The fraction of sp³-hybridized carbons (Fsp3) is 0. The number of aromatic amines is 1. The van der Waals surface area contributed by atoms with Crippen LogP contribution in [0.2, 0.25) is 5.15 Å². The lowest BCUT2D eigenvalue weighted by Crippen LogP contribution is -1.93. The molecule has 1 aromatic carbocycles. The smallest absolute Gasteiger partial charge is 0.152 e. The van der Waals surface area contributed by atoms with Gasteiger partial charge in [-0.15, -0.1) is 0 Å². The fourth-order valence-electron chi connectivity index (χ4n) is 1.99. The van der Waals surface area contributed by atoms with Crippen molar-refractivity contribution >= 4 is 28.2 Å². The van der Waals surface area contributed by atoms with Crippen molar-refractivity contribution in [1.29, 1.82) is 0 Å². The number of hydrogen-bond acceptors (Lipinski definition) is 2. The number of halogens is 1. The van der Waals surface area contributed by atoms with E-state index in [4.69, 9.17) is 17.3 Å². The maximum Gasteiger partial charge on any atom is 0.152 e. The Hall–Kier alpha value is -2.00. The lowest BCUT2D eigenvalue weighted by atomic mass is 10.0. The zero-order valence-electron chi connectivity index (χ0n) is 8.94. The van der Waals surface area contributed by atoms with Crippen molar-refractivity contribution in [3.8, 4) is 11.1 Å². The normalized spacial score (nSPS) is 10.9. The maximum absolute atomic E-state index is 5.97. The van der Waals surface area contributed by atoms with Crippen molar-refractivity contribution < 1.29 is 0 Å². The number of para-hydroxylation sites is 1. The monoisotopic (exact) mass is 243 g/mol. The van der Waals surface area contributed by atoms with Crippen molar-refractivity contribution in [2.75, 3.05) is 5.73 Å². The number of fused-ring (bicyclic) bond motifs is 1. The molecule has 17 heavy (non-hydrogen) atoms. The highest BCUT2D eigenvalue weighted by atomic mass is 35.5. The first-order chi connectivity index (χ1) is 8.27. The Balaban J connectivity index is 2.34. The number of nitrogens with zero attached hydrogens (tertiary/aromatic N) is 1. The third-order valence-corrected chi connectivity index (χ3v) is 3.12. The lowest BCUT2D eigenvalue weighted by molar-refractivity contribution is 1.33. The van der Waals surface area contributed by atoms with Crippen LogP contribution < -0.4 is 5.73 Å². The highest BCUT2D eigenvalue weighted by Crippen LogP contribution is 2.33. The van der Waals surface area contributed by atoms with E-state index in [9.17, 15) is 0 Å². The van der Waals surface area contributed by atoms with Gasteiger partial charge in [0.15, 0.2) is 5.15 Å². The van der Waals surface area contributed by atoms with Crippen molar-refractivity contribution in [2.45, 2.75) is 0 Å². The first kappa shape index (κ1) is 10.2. The second-order valence-corrected chi connectivity index (χ2v) is 4.17. The van der Waals surface area contributed by atoms with E-state index in [-0.39, 0.29) is 0 Å². The molecule has 0 spiro atoms. The van der Waals surface area contributed by atoms with Crippen LogP contribution in [0, 0.1) is 0 Å². The summed E-state index contributed by atoms with van der Waals surface area (Å²) in [4.78, 5) is 7.18. The van der Waals surface area contributed by atoms with E-state index in [1.165, 1.54) is 0 Å². The van der Waals surface area contributed by atoms with Crippen LogP contribution >= 0.6 is 11.6 Å². The number of hydrogen-bond donors (Lipinski definition) is 2. The number of benzene rings is 1. The van der Waals surface area contributed by atoms with Crippen LogP contribution in [0.25, 0.3) is 22.0 Å². The van der Waals surface area contributed by atoms with Crippen molar-refractivity contribution in [3.63, 3.8) is 0 Å². The zero-order chi connectivity index (χ0) is 11.8. The Morgan fingerprint density at radius 1 is 1.12 bits per heavy atom. The molecule has 2 aromatic heterocycles. The Morgan fingerprint density at radius 3 is 2.88 bits per heavy atom. The molecule has 4 heteroatoms. The van der Waals surface area contributed by atoms with E-state index in [0.29, 0.717) is 10.8 Å². The molecule has 0 unspecified atom stereocenters. The van der Waals surface area contributed by atoms with Crippen LogP contribution in [-0.4, -0.2) is 9.97 Å². The summed E-state index contributed by atoms with van der Waals surface area (Å²) in [6, 6.07) is 9.96. The summed E-state index contributed by atoms with van der Waals surface area (Å²) in [5, 5.41) is 1.49. The standard InChI is InChI=1S/C13H10ClN3/c14-13-11(15)9(5-7-17-13)10-3-1-2-8-4-6-16-12(8)10/h1-7,16H,15H2. The molecule has 84 valence electrons. The van der Waals surface area contributed by atoms with E-state index in [1.54, 1.807) is 6.20 Å². The second-order valence-electron chi connectivity index (χ2n) is 3.81. The first-order valence-corrected chi connectivity index (χ1v) is 5.61. The Morgan fingerprint density at radius 2 is 2.00 bits per heavy atom. The molecule has 3 N–H and O–H groups in total. The molecule has 0 saturated heterocycles. The number of pyridine rings is 1. The van der Waals surface area contributed by atoms with Crippen LogP contribution in [0.4, 0.5) is 5.69 Å². The summed E-state index contributed by atoms with van der Waals surface area (Å²) in [5.74, 6) is 0.